The summed E-state index contributed by atoms with van der Waals surface area (Å²) in [6.45, 7) is 5.51. The van der Waals surface area contributed by atoms with Crippen LogP contribution in [0.4, 0.5) is 8.78 Å². The lowest BCUT2D eigenvalue weighted by Gasteiger charge is -2.37. The molecule has 0 aromatic heterocycles. The van der Waals surface area contributed by atoms with E-state index < -0.39 is 11.6 Å². The molecule has 0 bridgehead atoms. The summed E-state index contributed by atoms with van der Waals surface area (Å²) >= 11 is 0. The van der Waals surface area contributed by atoms with Gasteiger partial charge < -0.3 is 9.47 Å². The first-order valence-electron chi connectivity index (χ1n) is 10.5. The van der Waals surface area contributed by atoms with E-state index in [9.17, 15) is 13.6 Å². The molecule has 2 fully saturated rings. The van der Waals surface area contributed by atoms with Gasteiger partial charge in [-0.2, -0.15) is 4.39 Å². The quantitative estimate of drug-likeness (QED) is 0.445. The highest BCUT2D eigenvalue weighted by Crippen LogP contribution is 2.44. The number of hydrogen-bond donors (Lipinski definition) is 0. The third kappa shape index (κ3) is 4.73. The van der Waals surface area contributed by atoms with Gasteiger partial charge >= 0.3 is 5.97 Å². The molecule has 154 valence electrons. The van der Waals surface area contributed by atoms with Crippen LogP contribution in [0.1, 0.15) is 69.8 Å². The van der Waals surface area contributed by atoms with Crippen molar-refractivity contribution in [2.75, 3.05) is 6.61 Å². The summed E-state index contributed by atoms with van der Waals surface area (Å²) in [5.41, 5.74) is 0.486. The molecule has 0 heterocycles. The maximum Gasteiger partial charge on any atom is 0.330 e. The highest BCUT2D eigenvalue weighted by atomic mass is 19.2. The number of hydrogen-bond acceptors (Lipinski definition) is 3. The van der Waals surface area contributed by atoms with Gasteiger partial charge in [-0.3, -0.25) is 0 Å². The Morgan fingerprint density at radius 2 is 1.64 bits per heavy atom. The summed E-state index contributed by atoms with van der Waals surface area (Å²) in [6, 6.07) is 3.24. The van der Waals surface area contributed by atoms with E-state index in [1.165, 1.54) is 6.08 Å². The number of ether oxygens (including phenoxy) is 2. The molecule has 1 aromatic carbocycles. The largest absolute Gasteiger partial charge is 0.491 e. The van der Waals surface area contributed by atoms with E-state index in [4.69, 9.17) is 9.47 Å². The Kier molecular flexibility index (Phi) is 7.08. The van der Waals surface area contributed by atoms with Crippen molar-refractivity contribution in [3.8, 4) is 5.75 Å². The molecule has 3 rings (SSSR count). The molecular formula is C23H30F2O3. The molecule has 2 aliphatic rings. The summed E-state index contributed by atoms with van der Waals surface area (Å²) in [6.07, 6.45) is 9.04. The number of benzene rings is 1. The Morgan fingerprint density at radius 1 is 1.04 bits per heavy atom. The molecule has 0 radical (unpaired) electrons. The number of esters is 1. The van der Waals surface area contributed by atoms with Crippen LogP contribution in [0.25, 0.3) is 0 Å². The second-order valence-corrected chi connectivity index (χ2v) is 8.00. The molecule has 2 aliphatic carbocycles. The summed E-state index contributed by atoms with van der Waals surface area (Å²) in [4.78, 5) is 11.3. The molecule has 1 aromatic rings. The van der Waals surface area contributed by atoms with Gasteiger partial charge in [0.25, 0.3) is 0 Å². The molecule has 5 heteroatoms. The van der Waals surface area contributed by atoms with E-state index in [0.717, 1.165) is 51.4 Å². The molecule has 28 heavy (non-hydrogen) atoms. The average Bonchev–Trinajstić information content (AvgIpc) is 2.72. The first-order valence-corrected chi connectivity index (χ1v) is 10.5. The van der Waals surface area contributed by atoms with Crippen LogP contribution in [-0.2, 0) is 9.53 Å². The number of halogens is 2. The Labute approximate surface area is 166 Å². The van der Waals surface area contributed by atoms with E-state index in [2.05, 4.69) is 6.58 Å². The van der Waals surface area contributed by atoms with Crippen LogP contribution < -0.4 is 4.74 Å². The topological polar surface area (TPSA) is 35.5 Å². The lowest BCUT2D eigenvalue weighted by molar-refractivity contribution is -0.145. The fraction of sp³-hybridized carbons (Fsp3) is 0.609. The zero-order chi connectivity index (χ0) is 20.1. The van der Waals surface area contributed by atoms with E-state index >= 15 is 0 Å². The molecule has 0 amide bonds. The van der Waals surface area contributed by atoms with Crippen LogP contribution in [0.15, 0.2) is 24.8 Å². The zero-order valence-corrected chi connectivity index (χ0v) is 16.6. The minimum atomic E-state index is -0.867. The van der Waals surface area contributed by atoms with Crippen LogP contribution in [0.3, 0.4) is 0 Å². The van der Waals surface area contributed by atoms with E-state index in [0.29, 0.717) is 24.0 Å². The first kappa shape index (κ1) is 20.8. The molecule has 0 N–H and O–H groups in total. The maximum atomic E-state index is 14.5. The Balaban J connectivity index is 1.52. The summed E-state index contributed by atoms with van der Waals surface area (Å²) < 4.78 is 39.2. The van der Waals surface area contributed by atoms with Crippen molar-refractivity contribution in [3.63, 3.8) is 0 Å². The lowest BCUT2D eigenvalue weighted by Crippen LogP contribution is -2.29. The summed E-state index contributed by atoms with van der Waals surface area (Å²) in [5, 5.41) is 0. The van der Waals surface area contributed by atoms with Gasteiger partial charge in [0, 0.05) is 6.08 Å². The zero-order valence-electron chi connectivity index (χ0n) is 16.6. The third-order valence-corrected chi connectivity index (χ3v) is 6.42. The van der Waals surface area contributed by atoms with Gasteiger partial charge in [-0.15, -0.1) is 0 Å². The molecule has 0 unspecified atom stereocenters. The molecule has 2 saturated carbocycles. The predicted molar refractivity (Wildman–Crippen MR) is 104 cm³/mol. The molecular weight excluding hydrogens is 362 g/mol. The Morgan fingerprint density at radius 3 is 2.21 bits per heavy atom. The van der Waals surface area contributed by atoms with Crippen molar-refractivity contribution in [2.24, 2.45) is 11.8 Å². The molecule has 0 spiro atoms. The van der Waals surface area contributed by atoms with Crippen molar-refractivity contribution >= 4 is 5.97 Å². The molecule has 3 nitrogen and oxygen atoms in total. The van der Waals surface area contributed by atoms with E-state index in [-0.39, 0.29) is 23.7 Å². The van der Waals surface area contributed by atoms with Crippen molar-refractivity contribution in [1.82, 2.24) is 0 Å². The summed E-state index contributed by atoms with van der Waals surface area (Å²) in [5.74, 6) is -0.622. The highest BCUT2D eigenvalue weighted by Gasteiger charge is 2.33. The van der Waals surface area contributed by atoms with Gasteiger partial charge in [0.15, 0.2) is 11.6 Å². The van der Waals surface area contributed by atoms with Crippen LogP contribution in [-0.4, -0.2) is 18.7 Å². The summed E-state index contributed by atoms with van der Waals surface area (Å²) in [7, 11) is 0. The standard InChI is InChI=1S/C23H30F2O3/c1-3-21(26)28-18-11-9-16(10-12-18)15-5-7-17(8-6-15)19-13-14-20(27-4-2)23(25)22(19)24/h3,13-18H,1,4-12H2,2H3. The normalized spacial score (nSPS) is 27.8. The van der Waals surface area contributed by atoms with Crippen LogP contribution in [0, 0.1) is 23.5 Å². The van der Waals surface area contributed by atoms with Crippen LogP contribution >= 0.6 is 0 Å². The fourth-order valence-electron chi connectivity index (χ4n) is 4.92. The van der Waals surface area contributed by atoms with Gasteiger partial charge in [0.2, 0.25) is 5.82 Å². The minimum absolute atomic E-state index is 0.00801. The van der Waals surface area contributed by atoms with Crippen LogP contribution in [0.2, 0.25) is 0 Å². The third-order valence-electron chi connectivity index (χ3n) is 6.42. The lowest BCUT2D eigenvalue weighted by atomic mass is 9.69. The Hall–Kier alpha value is -1.91. The van der Waals surface area contributed by atoms with Crippen molar-refractivity contribution < 1.29 is 23.0 Å². The maximum absolute atomic E-state index is 14.5. The number of carbonyl (C=O) groups excluding carboxylic acids is 1. The molecule has 0 aliphatic heterocycles. The van der Waals surface area contributed by atoms with E-state index in [1.807, 2.05) is 0 Å². The monoisotopic (exact) mass is 392 g/mol. The minimum Gasteiger partial charge on any atom is -0.491 e. The van der Waals surface area contributed by atoms with Crippen molar-refractivity contribution in [3.05, 3.63) is 42.0 Å². The molecule has 0 saturated heterocycles. The van der Waals surface area contributed by atoms with E-state index in [1.54, 1.807) is 19.1 Å². The SMILES string of the molecule is C=CC(=O)OC1CCC(C2CCC(c3ccc(OCC)c(F)c3F)CC2)CC1. The van der Waals surface area contributed by atoms with Gasteiger partial charge in [-0.05, 0) is 87.7 Å². The smallest absolute Gasteiger partial charge is 0.330 e. The average molecular weight is 392 g/mol. The van der Waals surface area contributed by atoms with Crippen molar-refractivity contribution in [1.29, 1.82) is 0 Å². The fourth-order valence-corrected chi connectivity index (χ4v) is 4.92. The first-order chi connectivity index (χ1) is 13.5. The number of carbonyl (C=O) groups is 1. The molecule has 0 atom stereocenters. The van der Waals surface area contributed by atoms with Gasteiger partial charge in [0.05, 0.1) is 6.61 Å². The predicted octanol–water partition coefficient (Wildman–Crippen LogP) is 5.93. The van der Waals surface area contributed by atoms with Gasteiger partial charge in [0.1, 0.15) is 6.10 Å². The number of rotatable bonds is 6. The van der Waals surface area contributed by atoms with Crippen molar-refractivity contribution in [2.45, 2.75) is 70.3 Å². The highest BCUT2D eigenvalue weighted by molar-refractivity contribution is 5.81. The van der Waals surface area contributed by atoms with Gasteiger partial charge in [-0.25, -0.2) is 9.18 Å². The van der Waals surface area contributed by atoms with Crippen LogP contribution in [0.5, 0.6) is 5.75 Å². The second-order valence-electron chi connectivity index (χ2n) is 8.00. The van der Waals surface area contributed by atoms with Gasteiger partial charge in [-0.1, -0.05) is 12.6 Å². The Bertz CT molecular complexity index is 687. The second kappa shape index (κ2) is 9.53.